The standard InChI is InChI=1S/C20H18N4O3/c1-2-9-24-12-17(22-23-24)13-25-18-6-3-15(4-7-18)11-21-16-5-8-19-20(10-16)27-14-26-19/h2-8,10-12H,1,9,13-14H2. The maximum Gasteiger partial charge on any atom is 0.231 e. The summed E-state index contributed by atoms with van der Waals surface area (Å²) in [6.45, 7) is 4.93. The molecule has 0 amide bonds. The first kappa shape index (κ1) is 16.8. The summed E-state index contributed by atoms with van der Waals surface area (Å²) in [5.74, 6) is 2.23. The molecule has 27 heavy (non-hydrogen) atoms. The Balaban J connectivity index is 1.34. The van der Waals surface area contributed by atoms with E-state index in [-0.39, 0.29) is 6.79 Å². The Morgan fingerprint density at radius 2 is 2.00 bits per heavy atom. The molecule has 1 aliphatic rings. The molecule has 1 aromatic heterocycles. The number of ether oxygens (including phenoxy) is 3. The fourth-order valence-corrected chi connectivity index (χ4v) is 2.55. The fourth-order valence-electron chi connectivity index (χ4n) is 2.55. The SMILES string of the molecule is C=CCn1cc(COc2ccc(C=Nc3ccc4c(c3)OCO4)cc2)nn1. The first-order chi connectivity index (χ1) is 13.3. The summed E-state index contributed by atoms with van der Waals surface area (Å²) in [6.07, 6.45) is 5.40. The molecule has 0 bridgehead atoms. The van der Waals surface area contributed by atoms with Crippen LogP contribution in [0.15, 0.2) is 66.3 Å². The van der Waals surface area contributed by atoms with E-state index in [2.05, 4.69) is 21.9 Å². The largest absolute Gasteiger partial charge is 0.487 e. The second-order valence-electron chi connectivity index (χ2n) is 5.87. The van der Waals surface area contributed by atoms with E-state index >= 15 is 0 Å². The van der Waals surface area contributed by atoms with Gasteiger partial charge in [0.15, 0.2) is 11.5 Å². The second kappa shape index (κ2) is 7.74. The third-order valence-corrected chi connectivity index (χ3v) is 3.89. The van der Waals surface area contributed by atoms with E-state index in [1.54, 1.807) is 17.0 Å². The minimum Gasteiger partial charge on any atom is -0.487 e. The van der Waals surface area contributed by atoms with Crippen LogP contribution in [0.25, 0.3) is 0 Å². The highest BCUT2D eigenvalue weighted by Crippen LogP contribution is 2.35. The number of rotatable bonds is 7. The van der Waals surface area contributed by atoms with Crippen molar-refractivity contribution in [1.82, 2.24) is 15.0 Å². The van der Waals surface area contributed by atoms with Crippen LogP contribution in [-0.2, 0) is 13.2 Å². The van der Waals surface area contributed by atoms with E-state index in [0.717, 1.165) is 34.2 Å². The predicted molar refractivity (Wildman–Crippen MR) is 101 cm³/mol. The highest BCUT2D eigenvalue weighted by atomic mass is 16.7. The Labute approximate surface area is 156 Å². The molecule has 3 aromatic rings. The van der Waals surface area contributed by atoms with E-state index in [0.29, 0.717) is 13.2 Å². The third-order valence-electron chi connectivity index (χ3n) is 3.89. The molecule has 7 nitrogen and oxygen atoms in total. The van der Waals surface area contributed by atoms with Crippen LogP contribution < -0.4 is 14.2 Å². The lowest BCUT2D eigenvalue weighted by molar-refractivity contribution is 0.174. The van der Waals surface area contributed by atoms with Gasteiger partial charge in [0.25, 0.3) is 0 Å². The average molecular weight is 362 g/mol. The Kier molecular flexibility index (Phi) is 4.82. The highest BCUT2D eigenvalue weighted by molar-refractivity contribution is 5.82. The highest BCUT2D eigenvalue weighted by Gasteiger charge is 2.12. The molecule has 1 aliphatic heterocycles. The lowest BCUT2D eigenvalue weighted by Crippen LogP contribution is -1.96. The summed E-state index contributed by atoms with van der Waals surface area (Å²) >= 11 is 0. The minimum atomic E-state index is 0.258. The molecule has 0 saturated heterocycles. The molecule has 0 N–H and O–H groups in total. The van der Waals surface area contributed by atoms with Crippen LogP contribution in [0, 0.1) is 0 Å². The number of aromatic nitrogens is 3. The zero-order chi connectivity index (χ0) is 18.5. The van der Waals surface area contributed by atoms with Crippen LogP contribution in [0.3, 0.4) is 0 Å². The van der Waals surface area contributed by atoms with Gasteiger partial charge in [0.05, 0.1) is 18.4 Å². The van der Waals surface area contributed by atoms with Crippen molar-refractivity contribution >= 4 is 11.9 Å². The van der Waals surface area contributed by atoms with Crippen molar-refractivity contribution in [2.45, 2.75) is 13.2 Å². The van der Waals surface area contributed by atoms with Crippen molar-refractivity contribution in [2.75, 3.05) is 6.79 Å². The topological polar surface area (TPSA) is 70.8 Å². The molecule has 0 unspecified atom stereocenters. The van der Waals surface area contributed by atoms with Crippen molar-refractivity contribution in [3.63, 3.8) is 0 Å². The lowest BCUT2D eigenvalue weighted by Gasteiger charge is -2.04. The summed E-state index contributed by atoms with van der Waals surface area (Å²) in [7, 11) is 0. The van der Waals surface area contributed by atoms with Gasteiger partial charge in [0.2, 0.25) is 6.79 Å². The van der Waals surface area contributed by atoms with Crippen LogP contribution in [0.5, 0.6) is 17.2 Å². The van der Waals surface area contributed by atoms with Gasteiger partial charge in [-0.05, 0) is 42.0 Å². The maximum atomic E-state index is 5.74. The average Bonchev–Trinajstić information content (AvgIpc) is 3.34. The predicted octanol–water partition coefficient (Wildman–Crippen LogP) is 3.52. The van der Waals surface area contributed by atoms with Crippen LogP contribution in [0.1, 0.15) is 11.3 Å². The van der Waals surface area contributed by atoms with Crippen LogP contribution in [-0.4, -0.2) is 28.0 Å². The van der Waals surface area contributed by atoms with Gasteiger partial charge in [-0.15, -0.1) is 11.7 Å². The third kappa shape index (κ3) is 4.14. The van der Waals surface area contributed by atoms with E-state index < -0.39 is 0 Å². The van der Waals surface area contributed by atoms with Gasteiger partial charge in [-0.3, -0.25) is 4.99 Å². The van der Waals surface area contributed by atoms with Crippen molar-refractivity contribution < 1.29 is 14.2 Å². The smallest absolute Gasteiger partial charge is 0.231 e. The molecule has 0 radical (unpaired) electrons. The minimum absolute atomic E-state index is 0.258. The first-order valence-corrected chi connectivity index (χ1v) is 8.47. The van der Waals surface area contributed by atoms with Gasteiger partial charge in [0.1, 0.15) is 18.1 Å². The van der Waals surface area contributed by atoms with Crippen molar-refractivity contribution in [1.29, 1.82) is 0 Å². The van der Waals surface area contributed by atoms with E-state index in [9.17, 15) is 0 Å². The van der Waals surface area contributed by atoms with E-state index in [1.165, 1.54) is 0 Å². The van der Waals surface area contributed by atoms with Gasteiger partial charge in [-0.25, -0.2) is 4.68 Å². The van der Waals surface area contributed by atoms with Gasteiger partial charge in [-0.1, -0.05) is 11.3 Å². The van der Waals surface area contributed by atoms with Gasteiger partial charge in [0, 0.05) is 12.3 Å². The van der Waals surface area contributed by atoms with Crippen molar-refractivity contribution in [2.24, 2.45) is 4.99 Å². The molecule has 0 spiro atoms. The van der Waals surface area contributed by atoms with Crippen molar-refractivity contribution in [3.8, 4) is 17.2 Å². The zero-order valence-corrected chi connectivity index (χ0v) is 14.6. The first-order valence-electron chi connectivity index (χ1n) is 8.47. The second-order valence-corrected chi connectivity index (χ2v) is 5.87. The van der Waals surface area contributed by atoms with Crippen molar-refractivity contribution in [3.05, 3.63) is 72.6 Å². The number of aliphatic imine (C=N–C) groups is 1. The Morgan fingerprint density at radius 1 is 1.15 bits per heavy atom. The number of hydrogen-bond acceptors (Lipinski definition) is 6. The van der Waals surface area contributed by atoms with Crippen LogP contribution in [0.4, 0.5) is 5.69 Å². The number of hydrogen-bond donors (Lipinski definition) is 0. The molecule has 2 heterocycles. The number of nitrogens with zero attached hydrogens (tertiary/aromatic N) is 4. The quantitative estimate of drug-likeness (QED) is 0.475. The fraction of sp³-hybridized carbons (Fsp3) is 0.150. The summed E-state index contributed by atoms with van der Waals surface area (Å²) < 4.78 is 18.1. The monoisotopic (exact) mass is 362 g/mol. The summed E-state index contributed by atoms with van der Waals surface area (Å²) in [4.78, 5) is 4.47. The van der Waals surface area contributed by atoms with E-state index in [4.69, 9.17) is 14.2 Å². The zero-order valence-electron chi connectivity index (χ0n) is 14.6. The number of benzene rings is 2. The Bertz CT molecular complexity index is 964. The Hall–Kier alpha value is -3.61. The Morgan fingerprint density at radius 3 is 2.85 bits per heavy atom. The summed E-state index contributed by atoms with van der Waals surface area (Å²) in [5, 5.41) is 8.04. The summed E-state index contributed by atoms with van der Waals surface area (Å²) in [5.41, 5.74) is 2.55. The number of fused-ring (bicyclic) bond motifs is 1. The molecule has 0 aliphatic carbocycles. The molecule has 0 atom stereocenters. The van der Waals surface area contributed by atoms with Gasteiger partial charge < -0.3 is 14.2 Å². The van der Waals surface area contributed by atoms with Crippen LogP contribution >= 0.6 is 0 Å². The normalized spacial score (nSPS) is 12.4. The van der Waals surface area contributed by atoms with Crippen LogP contribution in [0.2, 0.25) is 0 Å². The maximum absolute atomic E-state index is 5.74. The molecular formula is C20H18N4O3. The van der Waals surface area contributed by atoms with E-state index in [1.807, 2.05) is 48.7 Å². The molecule has 0 fully saturated rings. The molecule has 0 saturated carbocycles. The molecule has 7 heteroatoms. The molecule has 136 valence electrons. The molecule has 4 rings (SSSR count). The number of allylic oxidation sites excluding steroid dienone is 1. The van der Waals surface area contributed by atoms with Gasteiger partial charge >= 0.3 is 0 Å². The molecular weight excluding hydrogens is 344 g/mol. The van der Waals surface area contributed by atoms with Gasteiger partial charge in [-0.2, -0.15) is 0 Å². The lowest BCUT2D eigenvalue weighted by atomic mass is 10.2. The summed E-state index contributed by atoms with van der Waals surface area (Å²) in [6, 6.07) is 13.3. The molecule has 2 aromatic carbocycles.